The minimum atomic E-state index is -4.13. The van der Waals surface area contributed by atoms with E-state index in [4.69, 9.17) is 19.5 Å². The van der Waals surface area contributed by atoms with Gasteiger partial charge in [-0.2, -0.15) is 9.57 Å². The lowest BCUT2D eigenvalue weighted by Crippen LogP contribution is -2.47. The zero-order valence-electron chi connectivity index (χ0n) is 17.8. The van der Waals surface area contributed by atoms with Gasteiger partial charge >= 0.3 is 5.97 Å². The number of sulfonamides is 1. The summed E-state index contributed by atoms with van der Waals surface area (Å²) < 4.78 is 43.6. The van der Waals surface area contributed by atoms with Gasteiger partial charge in [0.05, 0.1) is 32.3 Å². The largest absolute Gasteiger partial charge is 0.493 e. The molecule has 0 spiro atoms. The van der Waals surface area contributed by atoms with Crippen LogP contribution in [0.25, 0.3) is 0 Å². The SMILES string of the molecule is COC(=O)C(Cc1ccccc1)N(CCCC#N)S(=O)(=O)c1ccc(OC)c(OC)c1. The summed E-state index contributed by atoms with van der Waals surface area (Å²) in [6, 6.07) is 14.2. The molecule has 0 aromatic heterocycles. The van der Waals surface area contributed by atoms with Crippen molar-refractivity contribution in [2.45, 2.75) is 30.2 Å². The van der Waals surface area contributed by atoms with Gasteiger partial charge in [0.2, 0.25) is 10.0 Å². The average molecular weight is 447 g/mol. The molecule has 9 heteroatoms. The molecule has 1 unspecified atom stereocenters. The van der Waals surface area contributed by atoms with Gasteiger partial charge in [-0.3, -0.25) is 4.79 Å². The molecular weight excluding hydrogens is 420 g/mol. The fourth-order valence-electron chi connectivity index (χ4n) is 3.15. The van der Waals surface area contributed by atoms with Gasteiger partial charge in [0.1, 0.15) is 6.04 Å². The third-order valence-corrected chi connectivity index (χ3v) is 6.63. The summed E-state index contributed by atoms with van der Waals surface area (Å²) in [5, 5.41) is 8.91. The highest BCUT2D eigenvalue weighted by molar-refractivity contribution is 7.89. The lowest BCUT2D eigenvalue weighted by Gasteiger charge is -2.29. The second-order valence-corrected chi connectivity index (χ2v) is 8.51. The van der Waals surface area contributed by atoms with Crippen molar-refractivity contribution in [1.29, 1.82) is 5.26 Å². The number of rotatable bonds is 11. The number of ether oxygens (including phenoxy) is 3. The van der Waals surface area contributed by atoms with Gasteiger partial charge in [-0.25, -0.2) is 8.42 Å². The van der Waals surface area contributed by atoms with E-state index in [1.807, 2.05) is 36.4 Å². The molecule has 0 saturated carbocycles. The predicted octanol–water partition coefficient (Wildman–Crippen LogP) is 2.78. The molecule has 2 rings (SSSR count). The normalized spacial score (nSPS) is 12.1. The molecule has 0 heterocycles. The van der Waals surface area contributed by atoms with Crippen LogP contribution in [0.1, 0.15) is 18.4 Å². The minimum Gasteiger partial charge on any atom is -0.493 e. The summed E-state index contributed by atoms with van der Waals surface area (Å²) in [6.45, 7) is -0.0170. The van der Waals surface area contributed by atoms with Crippen LogP contribution < -0.4 is 9.47 Å². The van der Waals surface area contributed by atoms with Gasteiger partial charge in [-0.15, -0.1) is 0 Å². The van der Waals surface area contributed by atoms with E-state index in [0.717, 1.165) is 9.87 Å². The van der Waals surface area contributed by atoms with Crippen LogP contribution in [0.4, 0.5) is 0 Å². The second-order valence-electron chi connectivity index (χ2n) is 6.62. The van der Waals surface area contributed by atoms with Gasteiger partial charge in [-0.1, -0.05) is 30.3 Å². The van der Waals surface area contributed by atoms with Crippen LogP contribution >= 0.6 is 0 Å². The van der Waals surface area contributed by atoms with E-state index in [2.05, 4.69) is 0 Å². The first-order valence-electron chi connectivity index (χ1n) is 9.61. The highest BCUT2D eigenvalue weighted by Crippen LogP contribution is 2.31. The van der Waals surface area contributed by atoms with E-state index in [1.165, 1.54) is 39.5 Å². The van der Waals surface area contributed by atoms with Gasteiger partial charge in [0.25, 0.3) is 0 Å². The van der Waals surface area contributed by atoms with Crippen molar-refractivity contribution in [2.24, 2.45) is 0 Å². The van der Waals surface area contributed by atoms with E-state index < -0.39 is 22.0 Å². The molecule has 0 fully saturated rings. The Morgan fingerprint density at radius 1 is 1.06 bits per heavy atom. The number of carbonyl (C=O) groups is 1. The summed E-state index contributed by atoms with van der Waals surface area (Å²) in [6.07, 6.45) is 0.551. The van der Waals surface area contributed by atoms with E-state index >= 15 is 0 Å². The first kappa shape index (κ1) is 24.2. The summed E-state index contributed by atoms with van der Waals surface area (Å²) in [7, 11) is -0.0469. The number of unbranched alkanes of at least 4 members (excludes halogenated alkanes) is 1. The van der Waals surface area contributed by atoms with Gasteiger partial charge in [-0.05, 0) is 30.5 Å². The number of hydrogen-bond acceptors (Lipinski definition) is 7. The van der Waals surface area contributed by atoms with E-state index in [9.17, 15) is 13.2 Å². The number of esters is 1. The van der Waals surface area contributed by atoms with Gasteiger partial charge < -0.3 is 14.2 Å². The zero-order chi connectivity index (χ0) is 22.9. The van der Waals surface area contributed by atoms with Crippen LogP contribution in [0.15, 0.2) is 53.4 Å². The summed E-state index contributed by atoms with van der Waals surface area (Å²) in [4.78, 5) is 12.6. The Kier molecular flexibility index (Phi) is 8.85. The Labute approximate surface area is 183 Å². The Morgan fingerprint density at radius 3 is 2.32 bits per heavy atom. The molecule has 2 aromatic carbocycles. The molecule has 8 nitrogen and oxygen atoms in total. The maximum absolute atomic E-state index is 13.6. The lowest BCUT2D eigenvalue weighted by atomic mass is 10.1. The van der Waals surface area contributed by atoms with Crippen molar-refractivity contribution in [3.63, 3.8) is 0 Å². The Bertz CT molecular complexity index is 1020. The number of carbonyl (C=O) groups excluding carboxylic acids is 1. The third kappa shape index (κ3) is 5.96. The topological polar surface area (TPSA) is 106 Å². The second kappa shape index (κ2) is 11.3. The van der Waals surface area contributed by atoms with Crippen molar-refractivity contribution in [1.82, 2.24) is 4.31 Å². The average Bonchev–Trinajstić information content (AvgIpc) is 2.80. The van der Waals surface area contributed by atoms with E-state index in [-0.39, 0.29) is 36.5 Å². The molecule has 0 aliphatic rings. The van der Waals surface area contributed by atoms with Crippen molar-refractivity contribution >= 4 is 16.0 Å². The minimum absolute atomic E-state index is 0.0170. The van der Waals surface area contributed by atoms with Crippen LogP contribution in [0.3, 0.4) is 0 Å². The van der Waals surface area contributed by atoms with Crippen molar-refractivity contribution in [3.05, 3.63) is 54.1 Å². The maximum Gasteiger partial charge on any atom is 0.324 e. The molecule has 2 aromatic rings. The maximum atomic E-state index is 13.6. The van der Waals surface area contributed by atoms with Crippen molar-refractivity contribution < 1.29 is 27.4 Å². The fourth-order valence-corrected chi connectivity index (χ4v) is 4.78. The van der Waals surface area contributed by atoms with Gasteiger partial charge in [0.15, 0.2) is 11.5 Å². The van der Waals surface area contributed by atoms with Crippen LogP contribution in [-0.4, -0.2) is 52.6 Å². The van der Waals surface area contributed by atoms with Gasteiger partial charge in [0, 0.05) is 19.0 Å². The lowest BCUT2D eigenvalue weighted by molar-refractivity contribution is -0.145. The van der Waals surface area contributed by atoms with Crippen molar-refractivity contribution in [2.75, 3.05) is 27.9 Å². The molecule has 0 radical (unpaired) electrons. The monoisotopic (exact) mass is 446 g/mol. The molecular formula is C22H26N2O6S. The molecule has 0 saturated heterocycles. The number of hydrogen-bond donors (Lipinski definition) is 0. The Balaban J connectivity index is 2.53. The number of nitriles is 1. The van der Waals surface area contributed by atoms with E-state index in [0.29, 0.717) is 5.75 Å². The number of methoxy groups -OCH3 is 3. The molecule has 0 aliphatic heterocycles. The molecule has 31 heavy (non-hydrogen) atoms. The number of nitrogens with zero attached hydrogens (tertiary/aromatic N) is 2. The molecule has 0 amide bonds. The smallest absolute Gasteiger partial charge is 0.324 e. The molecule has 0 bridgehead atoms. The molecule has 1 atom stereocenters. The molecule has 166 valence electrons. The predicted molar refractivity (Wildman–Crippen MR) is 114 cm³/mol. The standard InChI is InChI=1S/C22H26N2O6S/c1-28-20-12-11-18(16-21(20)29-2)31(26,27)24(14-8-7-13-23)19(22(25)30-3)15-17-9-5-4-6-10-17/h4-6,9-12,16,19H,7-8,14-15H2,1-3H3. The van der Waals surface area contributed by atoms with Crippen LogP contribution in [-0.2, 0) is 26.0 Å². The fraction of sp³-hybridized carbons (Fsp3) is 0.364. The van der Waals surface area contributed by atoms with Crippen LogP contribution in [0.2, 0.25) is 0 Å². The summed E-state index contributed by atoms with van der Waals surface area (Å²) >= 11 is 0. The summed E-state index contributed by atoms with van der Waals surface area (Å²) in [5.41, 5.74) is 0.783. The van der Waals surface area contributed by atoms with E-state index in [1.54, 1.807) is 0 Å². The first-order chi connectivity index (χ1) is 14.9. The van der Waals surface area contributed by atoms with Crippen molar-refractivity contribution in [3.8, 4) is 17.6 Å². The van der Waals surface area contributed by atoms with Crippen LogP contribution in [0.5, 0.6) is 11.5 Å². The first-order valence-corrected chi connectivity index (χ1v) is 11.1. The highest BCUT2D eigenvalue weighted by Gasteiger charge is 2.37. The quantitative estimate of drug-likeness (QED) is 0.386. The summed E-state index contributed by atoms with van der Waals surface area (Å²) in [5.74, 6) is -0.0469. The number of benzene rings is 2. The Morgan fingerprint density at radius 2 is 1.74 bits per heavy atom. The third-order valence-electron chi connectivity index (χ3n) is 4.72. The highest BCUT2D eigenvalue weighted by atomic mass is 32.2. The molecule has 0 aliphatic carbocycles. The Hall–Kier alpha value is -3.09. The molecule has 0 N–H and O–H groups in total. The zero-order valence-corrected chi connectivity index (χ0v) is 18.6. The van der Waals surface area contributed by atoms with Crippen LogP contribution in [0, 0.1) is 11.3 Å².